The van der Waals surface area contributed by atoms with E-state index >= 15 is 0 Å². The molecule has 2 rings (SSSR count). The van der Waals surface area contributed by atoms with Gasteiger partial charge in [0, 0.05) is 5.69 Å². The van der Waals surface area contributed by atoms with Crippen LogP contribution in [0, 0.1) is 6.92 Å². The summed E-state index contributed by atoms with van der Waals surface area (Å²) in [4.78, 5) is -1.00. The van der Waals surface area contributed by atoms with Crippen LogP contribution < -0.4 is 11.5 Å². The molecule has 0 radical (unpaired) electrons. The van der Waals surface area contributed by atoms with E-state index in [0.29, 0.717) is 0 Å². The van der Waals surface area contributed by atoms with Crippen molar-refractivity contribution in [2.24, 2.45) is 0 Å². The Labute approximate surface area is 128 Å². The van der Waals surface area contributed by atoms with E-state index in [2.05, 4.69) is 0 Å². The fourth-order valence-corrected chi connectivity index (χ4v) is 4.21. The summed E-state index contributed by atoms with van der Waals surface area (Å²) in [5.41, 5.74) is 11.7. The number of hydrogen-bond donors (Lipinski definition) is 3. The number of nitrogens with two attached hydrogens (primary N) is 2. The van der Waals surface area contributed by atoms with Gasteiger partial charge in [-0.2, -0.15) is 8.42 Å². The molecule has 0 aliphatic heterocycles. The van der Waals surface area contributed by atoms with Crippen LogP contribution >= 0.6 is 0 Å². The van der Waals surface area contributed by atoms with Crippen LogP contribution in [0.3, 0.4) is 0 Å². The SMILES string of the molecule is Cc1ccc(S(=O)(=O)c2cc(N)ccc2N)cc1S(=O)(=O)O. The van der Waals surface area contributed by atoms with Crippen LogP contribution in [0.25, 0.3) is 0 Å². The molecule has 7 nitrogen and oxygen atoms in total. The molecule has 5 N–H and O–H groups in total. The maximum atomic E-state index is 12.6. The smallest absolute Gasteiger partial charge is 0.294 e. The van der Waals surface area contributed by atoms with Gasteiger partial charge >= 0.3 is 0 Å². The van der Waals surface area contributed by atoms with Gasteiger partial charge < -0.3 is 11.5 Å². The van der Waals surface area contributed by atoms with Gasteiger partial charge in [-0.25, -0.2) is 8.42 Å². The van der Waals surface area contributed by atoms with Crippen LogP contribution in [0.15, 0.2) is 51.1 Å². The molecule has 0 atom stereocenters. The molecule has 0 aliphatic rings. The molecular formula is C13H14N2O5S2. The second-order valence-corrected chi connectivity index (χ2v) is 8.01. The summed E-state index contributed by atoms with van der Waals surface area (Å²) in [6.45, 7) is 1.44. The Morgan fingerprint density at radius 1 is 0.909 bits per heavy atom. The first kappa shape index (κ1) is 16.3. The van der Waals surface area contributed by atoms with Gasteiger partial charge in [-0.3, -0.25) is 4.55 Å². The Hall–Kier alpha value is -2.10. The largest absolute Gasteiger partial charge is 0.399 e. The predicted molar refractivity (Wildman–Crippen MR) is 81.7 cm³/mol. The standard InChI is InChI=1S/C13H14N2O5S2/c1-8-2-4-10(7-12(8)22(18,19)20)21(16,17)13-6-9(14)3-5-11(13)15/h2-7H,14-15H2,1H3,(H,18,19,20). The van der Waals surface area contributed by atoms with Gasteiger partial charge in [0.25, 0.3) is 10.1 Å². The van der Waals surface area contributed by atoms with E-state index in [1.165, 1.54) is 37.3 Å². The third kappa shape index (κ3) is 2.91. The van der Waals surface area contributed by atoms with E-state index in [9.17, 15) is 16.8 Å². The highest BCUT2D eigenvalue weighted by Gasteiger charge is 2.24. The van der Waals surface area contributed by atoms with Crippen molar-refractivity contribution in [3.05, 3.63) is 42.0 Å². The lowest BCUT2D eigenvalue weighted by Gasteiger charge is -2.10. The Morgan fingerprint density at radius 2 is 1.55 bits per heavy atom. The first-order valence-electron chi connectivity index (χ1n) is 6.02. The average molecular weight is 342 g/mol. The predicted octanol–water partition coefficient (Wildman–Crippen LogP) is 1.24. The van der Waals surface area contributed by atoms with Crippen LogP contribution in [-0.4, -0.2) is 21.4 Å². The number of hydrogen-bond acceptors (Lipinski definition) is 6. The lowest BCUT2D eigenvalue weighted by atomic mass is 10.2. The number of benzene rings is 2. The monoisotopic (exact) mass is 342 g/mol. The highest BCUT2D eigenvalue weighted by molar-refractivity contribution is 7.91. The van der Waals surface area contributed by atoms with Crippen molar-refractivity contribution >= 4 is 31.3 Å². The van der Waals surface area contributed by atoms with E-state index in [1.807, 2.05) is 0 Å². The number of rotatable bonds is 3. The van der Waals surface area contributed by atoms with E-state index in [0.717, 1.165) is 6.07 Å². The molecule has 0 saturated heterocycles. The summed E-state index contributed by atoms with van der Waals surface area (Å²) in [6.07, 6.45) is 0. The highest BCUT2D eigenvalue weighted by atomic mass is 32.2. The van der Waals surface area contributed by atoms with E-state index < -0.39 is 24.9 Å². The molecule has 9 heteroatoms. The Kier molecular flexibility index (Phi) is 3.90. The van der Waals surface area contributed by atoms with Crippen molar-refractivity contribution in [2.75, 3.05) is 11.5 Å². The molecule has 0 aromatic heterocycles. The summed E-state index contributed by atoms with van der Waals surface area (Å²) >= 11 is 0. The van der Waals surface area contributed by atoms with Crippen molar-refractivity contribution in [1.29, 1.82) is 0 Å². The third-order valence-corrected chi connectivity index (χ3v) is 5.88. The van der Waals surface area contributed by atoms with Gasteiger partial charge in [0.1, 0.15) is 0 Å². The van der Waals surface area contributed by atoms with E-state index in [4.69, 9.17) is 16.0 Å². The van der Waals surface area contributed by atoms with Crippen LogP contribution in [0.1, 0.15) is 5.56 Å². The maximum Gasteiger partial charge on any atom is 0.294 e. The van der Waals surface area contributed by atoms with Gasteiger partial charge in [-0.15, -0.1) is 0 Å². The minimum Gasteiger partial charge on any atom is -0.399 e. The van der Waals surface area contributed by atoms with Crippen LogP contribution in [0.4, 0.5) is 11.4 Å². The maximum absolute atomic E-state index is 12.6. The van der Waals surface area contributed by atoms with Crippen molar-refractivity contribution in [1.82, 2.24) is 0 Å². The molecule has 0 aliphatic carbocycles. The second kappa shape index (κ2) is 5.27. The zero-order chi connectivity index (χ0) is 16.7. The minimum atomic E-state index is -4.54. The summed E-state index contributed by atoms with van der Waals surface area (Å²) in [6, 6.07) is 7.41. The first-order valence-corrected chi connectivity index (χ1v) is 8.94. The molecule has 0 fully saturated rings. The van der Waals surface area contributed by atoms with Crippen molar-refractivity contribution in [3.8, 4) is 0 Å². The fourth-order valence-electron chi connectivity index (χ4n) is 1.94. The second-order valence-electron chi connectivity index (χ2n) is 4.70. The van der Waals surface area contributed by atoms with E-state index in [-0.39, 0.29) is 26.7 Å². The summed E-state index contributed by atoms with van der Waals surface area (Å²) < 4.78 is 56.9. The summed E-state index contributed by atoms with van der Waals surface area (Å²) in [5.74, 6) is 0. The molecule has 2 aromatic rings. The molecule has 2 aromatic carbocycles. The zero-order valence-corrected chi connectivity index (χ0v) is 13.1. The Bertz CT molecular complexity index is 950. The topological polar surface area (TPSA) is 141 Å². The van der Waals surface area contributed by atoms with Crippen LogP contribution in [-0.2, 0) is 20.0 Å². The zero-order valence-electron chi connectivity index (χ0n) is 11.5. The molecule has 0 amide bonds. The fraction of sp³-hybridized carbons (Fsp3) is 0.0769. The average Bonchev–Trinajstić information content (AvgIpc) is 2.40. The number of sulfone groups is 1. The number of anilines is 2. The molecule has 22 heavy (non-hydrogen) atoms. The van der Waals surface area contributed by atoms with Gasteiger partial charge in [0.2, 0.25) is 9.84 Å². The molecular weight excluding hydrogens is 328 g/mol. The van der Waals surface area contributed by atoms with Crippen LogP contribution in [0.5, 0.6) is 0 Å². The third-order valence-electron chi connectivity index (χ3n) is 3.07. The molecule has 0 spiro atoms. The van der Waals surface area contributed by atoms with Gasteiger partial charge in [-0.05, 0) is 42.8 Å². The molecule has 0 bridgehead atoms. The van der Waals surface area contributed by atoms with E-state index in [1.54, 1.807) is 0 Å². The molecule has 0 saturated carbocycles. The van der Waals surface area contributed by atoms with Crippen LogP contribution in [0.2, 0.25) is 0 Å². The summed E-state index contributed by atoms with van der Waals surface area (Å²) in [5, 5.41) is 0. The Balaban J connectivity index is 2.73. The molecule has 0 unspecified atom stereocenters. The van der Waals surface area contributed by atoms with Crippen molar-refractivity contribution in [2.45, 2.75) is 21.6 Å². The first-order chi connectivity index (χ1) is 10.0. The molecule has 0 heterocycles. The van der Waals surface area contributed by atoms with Crippen molar-refractivity contribution in [3.63, 3.8) is 0 Å². The quantitative estimate of drug-likeness (QED) is 0.563. The van der Waals surface area contributed by atoms with Gasteiger partial charge in [-0.1, -0.05) is 6.07 Å². The number of nitrogen functional groups attached to an aromatic ring is 2. The lowest BCUT2D eigenvalue weighted by Crippen LogP contribution is -2.09. The Morgan fingerprint density at radius 3 is 2.14 bits per heavy atom. The minimum absolute atomic E-state index is 0.0109. The van der Waals surface area contributed by atoms with Gasteiger partial charge in [0.05, 0.1) is 20.4 Å². The number of aryl methyl sites for hydroxylation is 1. The summed E-state index contributed by atoms with van der Waals surface area (Å²) in [7, 11) is -8.61. The lowest BCUT2D eigenvalue weighted by molar-refractivity contribution is 0.482. The highest BCUT2D eigenvalue weighted by Crippen LogP contribution is 2.29. The van der Waals surface area contributed by atoms with Gasteiger partial charge in [0.15, 0.2) is 0 Å². The normalized spacial score (nSPS) is 12.3. The molecule has 118 valence electrons. The van der Waals surface area contributed by atoms with Crippen molar-refractivity contribution < 1.29 is 21.4 Å².